The van der Waals surface area contributed by atoms with E-state index < -0.39 is 5.97 Å². The smallest absolute Gasteiger partial charge is 0.303 e. The number of carboxylic acid groups (broad SMARTS) is 1. The Labute approximate surface area is 116 Å². The van der Waals surface area contributed by atoms with Crippen molar-refractivity contribution in [2.24, 2.45) is 5.41 Å². The lowest BCUT2D eigenvalue weighted by molar-refractivity contribution is -0.139. The molecule has 2 N–H and O–H groups in total. The number of hydrogen-bond donors (Lipinski definition) is 2. The van der Waals surface area contributed by atoms with Crippen molar-refractivity contribution >= 4 is 5.97 Å². The number of nitrogens with one attached hydrogen (secondary N) is 1. The van der Waals surface area contributed by atoms with Crippen LogP contribution in [0.1, 0.15) is 57.2 Å². The van der Waals surface area contributed by atoms with Gasteiger partial charge < -0.3 is 10.4 Å². The Balaban J connectivity index is 2.99. The van der Waals surface area contributed by atoms with Crippen LogP contribution < -0.4 is 5.32 Å². The molecule has 0 bridgehead atoms. The van der Waals surface area contributed by atoms with Gasteiger partial charge in [-0.15, -0.1) is 0 Å². The molecule has 0 spiro atoms. The van der Waals surface area contributed by atoms with Crippen molar-refractivity contribution in [3.8, 4) is 0 Å². The second-order valence-electron chi connectivity index (χ2n) is 6.10. The summed E-state index contributed by atoms with van der Waals surface area (Å²) in [6.45, 7) is 8.30. The Morgan fingerprint density at radius 2 is 1.68 bits per heavy atom. The molecule has 1 unspecified atom stereocenters. The lowest BCUT2D eigenvalue weighted by Crippen LogP contribution is -2.33. The fourth-order valence-electron chi connectivity index (χ4n) is 2.57. The number of carbonyl (C=O) groups is 1. The van der Waals surface area contributed by atoms with Crippen LogP contribution >= 0.6 is 0 Å². The first-order valence-electron chi connectivity index (χ1n) is 6.77. The van der Waals surface area contributed by atoms with E-state index in [0.717, 1.165) is 5.56 Å². The van der Waals surface area contributed by atoms with Gasteiger partial charge in [-0.2, -0.15) is 0 Å². The van der Waals surface area contributed by atoms with Gasteiger partial charge in [-0.25, -0.2) is 0 Å². The molecule has 0 fully saturated rings. The van der Waals surface area contributed by atoms with E-state index >= 15 is 0 Å². The maximum absolute atomic E-state index is 11.0. The Bertz CT molecular complexity index is 421. The van der Waals surface area contributed by atoms with E-state index in [1.807, 2.05) is 20.9 Å². The predicted molar refractivity (Wildman–Crippen MR) is 78.4 cm³/mol. The lowest BCUT2D eigenvalue weighted by Gasteiger charge is -2.33. The molecule has 0 amide bonds. The Hall–Kier alpha value is -1.35. The van der Waals surface area contributed by atoms with Crippen molar-refractivity contribution in [3.05, 3.63) is 35.4 Å². The highest BCUT2D eigenvalue weighted by Crippen LogP contribution is 2.36. The molecule has 1 atom stereocenters. The third kappa shape index (κ3) is 4.06. The second kappa shape index (κ2) is 6.20. The maximum Gasteiger partial charge on any atom is 0.303 e. The zero-order chi connectivity index (χ0) is 14.6. The maximum atomic E-state index is 11.0. The summed E-state index contributed by atoms with van der Waals surface area (Å²) in [6.07, 6.45) is 0.143. The third-order valence-corrected chi connectivity index (χ3v) is 3.61. The number of carboxylic acids is 1. The van der Waals surface area contributed by atoms with Crippen LogP contribution in [0, 0.1) is 5.41 Å². The molecule has 3 heteroatoms. The molecule has 0 saturated carbocycles. The number of aliphatic carboxylic acids is 1. The molecule has 3 nitrogen and oxygen atoms in total. The summed E-state index contributed by atoms with van der Waals surface area (Å²) in [6, 6.07) is 8.48. The van der Waals surface area contributed by atoms with Crippen molar-refractivity contribution in [1.29, 1.82) is 0 Å². The number of benzene rings is 1. The summed E-state index contributed by atoms with van der Waals surface area (Å²) >= 11 is 0. The van der Waals surface area contributed by atoms with Gasteiger partial charge in [0.15, 0.2) is 0 Å². The van der Waals surface area contributed by atoms with Gasteiger partial charge in [0.1, 0.15) is 0 Å². The van der Waals surface area contributed by atoms with Crippen LogP contribution in [0.3, 0.4) is 0 Å². The van der Waals surface area contributed by atoms with Crippen LogP contribution in [0.5, 0.6) is 0 Å². The van der Waals surface area contributed by atoms with E-state index in [4.69, 9.17) is 5.11 Å². The standard InChI is InChI=1S/C16H25NO2/c1-11(2)12-6-8-13(9-7-12)15(17-5)16(3,4)10-14(18)19/h6-9,11,15,17H,10H2,1-5H3,(H,18,19). The van der Waals surface area contributed by atoms with Crippen molar-refractivity contribution in [2.45, 2.75) is 46.1 Å². The van der Waals surface area contributed by atoms with E-state index in [1.54, 1.807) is 0 Å². The molecule has 1 aromatic rings. The minimum absolute atomic E-state index is 0.0322. The van der Waals surface area contributed by atoms with E-state index in [1.165, 1.54) is 5.56 Å². The zero-order valence-corrected chi connectivity index (χ0v) is 12.5. The molecule has 0 aromatic heterocycles. The third-order valence-electron chi connectivity index (χ3n) is 3.61. The first-order valence-corrected chi connectivity index (χ1v) is 6.77. The molecule has 19 heavy (non-hydrogen) atoms. The summed E-state index contributed by atoms with van der Waals surface area (Å²) < 4.78 is 0. The van der Waals surface area contributed by atoms with Crippen LogP contribution in [-0.2, 0) is 4.79 Å². The summed E-state index contributed by atoms with van der Waals surface area (Å²) in [4.78, 5) is 11.0. The molecule has 0 heterocycles. The zero-order valence-electron chi connectivity index (χ0n) is 12.5. The highest BCUT2D eigenvalue weighted by Gasteiger charge is 2.32. The van der Waals surface area contributed by atoms with Crippen molar-refractivity contribution < 1.29 is 9.90 Å². The van der Waals surface area contributed by atoms with Gasteiger partial charge >= 0.3 is 5.97 Å². The fourth-order valence-corrected chi connectivity index (χ4v) is 2.57. The van der Waals surface area contributed by atoms with Gasteiger partial charge in [-0.1, -0.05) is 52.0 Å². The predicted octanol–water partition coefficient (Wildman–Crippen LogP) is 3.57. The van der Waals surface area contributed by atoms with Gasteiger partial charge in [0.2, 0.25) is 0 Å². The lowest BCUT2D eigenvalue weighted by atomic mass is 9.77. The SMILES string of the molecule is CNC(c1ccc(C(C)C)cc1)C(C)(C)CC(=O)O. The van der Waals surface area contributed by atoms with Crippen molar-refractivity contribution in [1.82, 2.24) is 5.32 Å². The van der Waals surface area contributed by atoms with E-state index in [-0.39, 0.29) is 17.9 Å². The largest absolute Gasteiger partial charge is 0.481 e. The van der Waals surface area contributed by atoms with Gasteiger partial charge in [0.25, 0.3) is 0 Å². The molecular formula is C16H25NO2. The molecule has 0 aliphatic carbocycles. The molecule has 1 aromatic carbocycles. The minimum Gasteiger partial charge on any atom is -0.481 e. The van der Waals surface area contributed by atoms with Crippen molar-refractivity contribution in [2.75, 3.05) is 7.05 Å². The van der Waals surface area contributed by atoms with Crippen molar-refractivity contribution in [3.63, 3.8) is 0 Å². The highest BCUT2D eigenvalue weighted by molar-refractivity contribution is 5.67. The van der Waals surface area contributed by atoms with Gasteiger partial charge in [-0.3, -0.25) is 4.79 Å². The average molecular weight is 263 g/mol. The van der Waals surface area contributed by atoms with Crippen LogP contribution in [0.4, 0.5) is 0 Å². The molecule has 0 radical (unpaired) electrons. The summed E-state index contributed by atoms with van der Waals surface area (Å²) in [7, 11) is 1.88. The summed E-state index contributed by atoms with van der Waals surface area (Å²) in [5.74, 6) is -0.252. The first kappa shape index (κ1) is 15.7. The normalized spacial score (nSPS) is 13.6. The van der Waals surface area contributed by atoms with Gasteiger partial charge in [0.05, 0.1) is 6.42 Å². The summed E-state index contributed by atoms with van der Waals surface area (Å²) in [5.41, 5.74) is 2.10. The number of hydrogen-bond acceptors (Lipinski definition) is 2. The van der Waals surface area contributed by atoms with Crippen LogP contribution in [-0.4, -0.2) is 18.1 Å². The molecule has 1 rings (SSSR count). The molecule has 0 aliphatic rings. The molecule has 0 aliphatic heterocycles. The van der Waals surface area contributed by atoms with Gasteiger partial charge in [-0.05, 0) is 29.5 Å². The van der Waals surface area contributed by atoms with E-state index in [0.29, 0.717) is 5.92 Å². The van der Waals surface area contributed by atoms with Crippen LogP contribution in [0.25, 0.3) is 0 Å². The topological polar surface area (TPSA) is 49.3 Å². The highest BCUT2D eigenvalue weighted by atomic mass is 16.4. The second-order valence-corrected chi connectivity index (χ2v) is 6.10. The van der Waals surface area contributed by atoms with Crippen LogP contribution in [0.15, 0.2) is 24.3 Å². The fraction of sp³-hybridized carbons (Fsp3) is 0.562. The molecular weight excluding hydrogens is 238 g/mol. The molecule has 0 saturated heterocycles. The molecule has 106 valence electrons. The minimum atomic E-state index is -0.760. The Kier molecular flexibility index (Phi) is 5.12. The quantitative estimate of drug-likeness (QED) is 0.825. The monoisotopic (exact) mass is 263 g/mol. The van der Waals surface area contributed by atoms with E-state index in [2.05, 4.69) is 43.4 Å². The first-order chi connectivity index (χ1) is 8.77. The Morgan fingerprint density at radius 1 is 1.21 bits per heavy atom. The van der Waals surface area contributed by atoms with Gasteiger partial charge in [0, 0.05) is 6.04 Å². The van der Waals surface area contributed by atoms with E-state index in [9.17, 15) is 4.79 Å². The average Bonchev–Trinajstić information content (AvgIpc) is 2.28. The summed E-state index contributed by atoms with van der Waals surface area (Å²) in [5, 5.41) is 12.3. The van der Waals surface area contributed by atoms with Crippen LogP contribution in [0.2, 0.25) is 0 Å². The number of rotatable bonds is 6. The Morgan fingerprint density at radius 3 is 2.05 bits per heavy atom.